The van der Waals surface area contributed by atoms with Crippen molar-refractivity contribution in [2.24, 2.45) is 5.92 Å². The number of thiophene rings is 1. The van der Waals surface area contributed by atoms with Crippen molar-refractivity contribution in [3.05, 3.63) is 21.9 Å². The second kappa shape index (κ2) is 7.32. The van der Waals surface area contributed by atoms with Crippen LogP contribution in [0.15, 0.2) is 11.4 Å². The zero-order valence-electron chi connectivity index (χ0n) is 14.5. The molecule has 1 N–H and O–H groups in total. The van der Waals surface area contributed by atoms with Gasteiger partial charge in [0.15, 0.2) is 0 Å². The smallest absolute Gasteiger partial charge is 0.245 e. The number of aryl methyl sites for hydroxylation is 1. The van der Waals surface area contributed by atoms with Gasteiger partial charge in [0.05, 0.1) is 0 Å². The van der Waals surface area contributed by atoms with Gasteiger partial charge in [-0.1, -0.05) is 6.92 Å². The molecule has 23 heavy (non-hydrogen) atoms. The quantitative estimate of drug-likeness (QED) is 0.922. The highest BCUT2D eigenvalue weighted by Crippen LogP contribution is 2.32. The van der Waals surface area contributed by atoms with E-state index in [9.17, 15) is 4.79 Å². The molecule has 5 heteroatoms. The molecule has 0 spiro atoms. The lowest BCUT2D eigenvalue weighted by molar-refractivity contribution is -0.139. The van der Waals surface area contributed by atoms with Crippen LogP contribution in [0.3, 0.4) is 0 Å². The number of nitrogens with one attached hydrogen (secondary N) is 1. The second-order valence-corrected chi connectivity index (χ2v) is 8.18. The third kappa shape index (κ3) is 3.78. The van der Waals surface area contributed by atoms with E-state index in [2.05, 4.69) is 47.3 Å². The molecular weight excluding hydrogens is 306 g/mol. The van der Waals surface area contributed by atoms with E-state index in [1.165, 1.54) is 10.4 Å². The standard InChI is InChI=1S/C18H29N3OS/c1-13-4-8-20(9-5-13)18(22)16(17-14(2)6-11-23-17)21-10-7-19-15(3)12-21/h6,11,13,15-16,19H,4-5,7-10,12H2,1-3H3. The van der Waals surface area contributed by atoms with E-state index in [4.69, 9.17) is 0 Å². The fourth-order valence-corrected chi connectivity index (χ4v) is 4.75. The molecule has 2 saturated heterocycles. The Morgan fingerprint density at radius 3 is 2.65 bits per heavy atom. The Morgan fingerprint density at radius 1 is 1.30 bits per heavy atom. The Balaban J connectivity index is 1.83. The van der Waals surface area contributed by atoms with Gasteiger partial charge in [-0.15, -0.1) is 11.3 Å². The first-order chi connectivity index (χ1) is 11.1. The van der Waals surface area contributed by atoms with Gasteiger partial charge < -0.3 is 10.2 Å². The number of carbonyl (C=O) groups excluding carboxylic acids is 1. The maximum absolute atomic E-state index is 13.3. The summed E-state index contributed by atoms with van der Waals surface area (Å²) in [5.74, 6) is 1.07. The lowest BCUT2D eigenvalue weighted by Crippen LogP contribution is -2.54. The number of rotatable bonds is 3. The van der Waals surface area contributed by atoms with Crippen LogP contribution in [-0.2, 0) is 4.79 Å². The summed E-state index contributed by atoms with van der Waals surface area (Å²) in [6, 6.07) is 2.50. The minimum absolute atomic E-state index is 0.0899. The molecule has 0 bridgehead atoms. The second-order valence-electron chi connectivity index (χ2n) is 7.23. The molecule has 4 nitrogen and oxygen atoms in total. The van der Waals surface area contributed by atoms with E-state index in [1.54, 1.807) is 11.3 Å². The van der Waals surface area contributed by atoms with E-state index in [0.717, 1.165) is 51.5 Å². The van der Waals surface area contributed by atoms with Gasteiger partial charge in [-0.25, -0.2) is 0 Å². The van der Waals surface area contributed by atoms with Gasteiger partial charge in [0.2, 0.25) is 5.91 Å². The summed E-state index contributed by atoms with van der Waals surface area (Å²) in [4.78, 5) is 19.1. The number of amides is 1. The van der Waals surface area contributed by atoms with Gasteiger partial charge >= 0.3 is 0 Å². The van der Waals surface area contributed by atoms with Crippen molar-refractivity contribution in [1.29, 1.82) is 0 Å². The van der Waals surface area contributed by atoms with Crippen molar-refractivity contribution in [1.82, 2.24) is 15.1 Å². The molecule has 0 aliphatic carbocycles. The van der Waals surface area contributed by atoms with Crippen LogP contribution in [0.25, 0.3) is 0 Å². The van der Waals surface area contributed by atoms with Gasteiger partial charge in [-0.05, 0) is 49.6 Å². The lowest BCUT2D eigenvalue weighted by atomic mass is 9.98. The molecule has 0 saturated carbocycles. The molecule has 0 radical (unpaired) electrons. The Morgan fingerprint density at radius 2 is 2.04 bits per heavy atom. The molecule has 3 heterocycles. The number of carbonyl (C=O) groups is 1. The van der Waals surface area contributed by atoms with Crippen LogP contribution in [0.2, 0.25) is 0 Å². The number of likely N-dealkylation sites (tertiary alicyclic amines) is 1. The molecular formula is C18H29N3OS. The SMILES string of the molecule is Cc1ccsc1C(C(=O)N1CCC(C)CC1)N1CCNC(C)C1. The van der Waals surface area contributed by atoms with E-state index >= 15 is 0 Å². The fraction of sp³-hybridized carbons (Fsp3) is 0.722. The topological polar surface area (TPSA) is 35.6 Å². The van der Waals surface area contributed by atoms with Gasteiger partial charge in [-0.2, -0.15) is 0 Å². The Labute approximate surface area is 143 Å². The average molecular weight is 336 g/mol. The normalized spacial score (nSPS) is 25.5. The molecule has 128 valence electrons. The predicted octanol–water partition coefficient (Wildman–Crippen LogP) is 2.65. The molecule has 2 aliphatic rings. The van der Waals surface area contributed by atoms with Crippen LogP contribution in [0.4, 0.5) is 0 Å². The predicted molar refractivity (Wildman–Crippen MR) is 95.8 cm³/mol. The van der Waals surface area contributed by atoms with Gasteiger partial charge in [-0.3, -0.25) is 9.69 Å². The van der Waals surface area contributed by atoms with Crippen molar-refractivity contribution in [2.45, 2.75) is 45.7 Å². The van der Waals surface area contributed by atoms with Crippen LogP contribution in [0.5, 0.6) is 0 Å². The van der Waals surface area contributed by atoms with Crippen LogP contribution in [0, 0.1) is 12.8 Å². The summed E-state index contributed by atoms with van der Waals surface area (Å²) in [6.07, 6.45) is 2.28. The number of piperidine rings is 1. The summed E-state index contributed by atoms with van der Waals surface area (Å²) < 4.78 is 0. The van der Waals surface area contributed by atoms with Crippen molar-refractivity contribution in [3.63, 3.8) is 0 Å². The maximum Gasteiger partial charge on any atom is 0.245 e. The average Bonchev–Trinajstić information content (AvgIpc) is 2.94. The maximum atomic E-state index is 13.3. The van der Waals surface area contributed by atoms with Crippen LogP contribution >= 0.6 is 11.3 Å². The zero-order chi connectivity index (χ0) is 16.4. The molecule has 2 fully saturated rings. The number of nitrogens with zero attached hydrogens (tertiary/aromatic N) is 2. The summed E-state index contributed by atoms with van der Waals surface area (Å²) in [5, 5.41) is 5.61. The van der Waals surface area contributed by atoms with E-state index in [0.29, 0.717) is 11.9 Å². The molecule has 3 rings (SSSR count). The minimum Gasteiger partial charge on any atom is -0.341 e. The molecule has 1 aromatic heterocycles. The Bertz CT molecular complexity index is 536. The van der Waals surface area contributed by atoms with Crippen molar-refractivity contribution in [3.8, 4) is 0 Å². The Hall–Kier alpha value is -0.910. The molecule has 0 aromatic carbocycles. The molecule has 1 amide bonds. The number of piperazine rings is 1. The highest BCUT2D eigenvalue weighted by atomic mass is 32.1. The first-order valence-electron chi connectivity index (χ1n) is 8.86. The van der Waals surface area contributed by atoms with Gasteiger partial charge in [0.1, 0.15) is 6.04 Å². The number of hydrogen-bond acceptors (Lipinski definition) is 4. The first kappa shape index (κ1) is 16.9. The molecule has 2 aliphatic heterocycles. The van der Waals surface area contributed by atoms with E-state index in [-0.39, 0.29) is 6.04 Å². The highest BCUT2D eigenvalue weighted by Gasteiger charge is 2.35. The fourth-order valence-electron chi connectivity index (χ4n) is 3.70. The number of hydrogen-bond donors (Lipinski definition) is 1. The van der Waals surface area contributed by atoms with Crippen LogP contribution in [0.1, 0.15) is 43.2 Å². The monoisotopic (exact) mass is 335 g/mol. The summed E-state index contributed by atoms with van der Waals surface area (Å²) in [5.41, 5.74) is 1.25. The summed E-state index contributed by atoms with van der Waals surface area (Å²) in [7, 11) is 0. The highest BCUT2D eigenvalue weighted by molar-refractivity contribution is 7.10. The summed E-state index contributed by atoms with van der Waals surface area (Å²) >= 11 is 1.74. The van der Waals surface area contributed by atoms with Crippen molar-refractivity contribution < 1.29 is 4.79 Å². The van der Waals surface area contributed by atoms with Crippen LogP contribution < -0.4 is 5.32 Å². The summed E-state index contributed by atoms with van der Waals surface area (Å²) in [6.45, 7) is 11.3. The van der Waals surface area contributed by atoms with Crippen molar-refractivity contribution in [2.75, 3.05) is 32.7 Å². The molecule has 1 aromatic rings. The first-order valence-corrected chi connectivity index (χ1v) is 9.74. The van der Waals surface area contributed by atoms with E-state index < -0.39 is 0 Å². The Kier molecular flexibility index (Phi) is 5.39. The third-order valence-corrected chi connectivity index (χ3v) is 6.32. The lowest BCUT2D eigenvalue weighted by Gasteiger charge is -2.40. The van der Waals surface area contributed by atoms with E-state index in [1.807, 2.05) is 0 Å². The van der Waals surface area contributed by atoms with Crippen LogP contribution in [-0.4, -0.2) is 54.5 Å². The molecule has 2 unspecified atom stereocenters. The van der Waals surface area contributed by atoms with Gasteiger partial charge in [0, 0.05) is 43.6 Å². The third-order valence-electron chi connectivity index (χ3n) is 5.24. The van der Waals surface area contributed by atoms with Gasteiger partial charge in [0.25, 0.3) is 0 Å². The minimum atomic E-state index is -0.0899. The largest absolute Gasteiger partial charge is 0.341 e. The zero-order valence-corrected chi connectivity index (χ0v) is 15.4. The molecule has 2 atom stereocenters. The van der Waals surface area contributed by atoms with Crippen molar-refractivity contribution >= 4 is 17.2 Å².